The molecule has 32 heavy (non-hydrogen) atoms. The van der Waals surface area contributed by atoms with Crippen LogP contribution in [0.5, 0.6) is 5.75 Å². The summed E-state index contributed by atoms with van der Waals surface area (Å²) in [6.45, 7) is 6.72. The third-order valence-electron chi connectivity index (χ3n) is 5.41. The van der Waals surface area contributed by atoms with Crippen LogP contribution in [0.4, 0.5) is 5.69 Å². The number of aromatic nitrogens is 1. The summed E-state index contributed by atoms with van der Waals surface area (Å²) in [4.78, 5) is 25.2. The predicted octanol–water partition coefficient (Wildman–Crippen LogP) is 5.20. The van der Waals surface area contributed by atoms with Crippen LogP contribution in [-0.2, 0) is 12.0 Å². The van der Waals surface area contributed by atoms with Gasteiger partial charge in [0.25, 0.3) is 5.91 Å². The number of oxazole rings is 1. The van der Waals surface area contributed by atoms with Gasteiger partial charge in [-0.1, -0.05) is 45.0 Å². The van der Waals surface area contributed by atoms with Crippen molar-refractivity contribution in [3.05, 3.63) is 94.0 Å². The summed E-state index contributed by atoms with van der Waals surface area (Å²) in [7, 11) is 1.60. The second-order valence-corrected chi connectivity index (χ2v) is 8.77. The zero-order valence-corrected chi connectivity index (χ0v) is 18.6. The Labute approximate surface area is 186 Å². The number of hydrogen-bond donors (Lipinski definition) is 1. The predicted molar refractivity (Wildman–Crippen MR) is 126 cm³/mol. The lowest BCUT2D eigenvalue weighted by atomic mass is 9.87. The highest BCUT2D eigenvalue weighted by Crippen LogP contribution is 2.24. The number of nitrogens with zero attached hydrogens (tertiary/aromatic N) is 1. The Morgan fingerprint density at radius 3 is 2.47 bits per heavy atom. The molecule has 0 saturated heterocycles. The number of carbonyl (C=O) groups is 1. The lowest BCUT2D eigenvalue weighted by Crippen LogP contribution is -2.15. The van der Waals surface area contributed by atoms with Gasteiger partial charge in [0.1, 0.15) is 5.75 Å². The zero-order valence-electron chi connectivity index (χ0n) is 18.6. The highest BCUT2D eigenvalue weighted by Gasteiger charge is 2.15. The lowest BCUT2D eigenvalue weighted by Gasteiger charge is -2.19. The van der Waals surface area contributed by atoms with Gasteiger partial charge in [-0.05, 0) is 59.0 Å². The van der Waals surface area contributed by atoms with E-state index in [1.54, 1.807) is 25.3 Å². The van der Waals surface area contributed by atoms with Gasteiger partial charge < -0.3 is 14.5 Å². The SMILES string of the molecule is COc1cccc(Cn2c(=O)oc3ccc(NC(=O)c4ccc(C(C)(C)C)cc4)cc32)c1. The first-order valence-corrected chi connectivity index (χ1v) is 10.4. The van der Waals surface area contributed by atoms with E-state index in [0.717, 1.165) is 11.1 Å². The van der Waals surface area contributed by atoms with Crippen molar-refractivity contribution in [2.24, 2.45) is 0 Å². The molecule has 4 aromatic rings. The largest absolute Gasteiger partial charge is 0.497 e. The molecule has 0 saturated carbocycles. The zero-order chi connectivity index (χ0) is 22.9. The molecule has 0 radical (unpaired) electrons. The molecule has 0 atom stereocenters. The number of rotatable bonds is 5. The molecule has 0 bridgehead atoms. The first kappa shape index (κ1) is 21.4. The first-order valence-electron chi connectivity index (χ1n) is 10.4. The maximum Gasteiger partial charge on any atom is 0.420 e. The second-order valence-electron chi connectivity index (χ2n) is 8.77. The Morgan fingerprint density at radius 2 is 1.78 bits per heavy atom. The minimum Gasteiger partial charge on any atom is -0.497 e. The van der Waals surface area contributed by atoms with Crippen LogP contribution < -0.4 is 15.8 Å². The Kier molecular flexibility index (Phi) is 5.61. The van der Waals surface area contributed by atoms with Gasteiger partial charge >= 0.3 is 5.76 Å². The molecule has 1 heterocycles. The van der Waals surface area contributed by atoms with Crippen LogP contribution >= 0.6 is 0 Å². The summed E-state index contributed by atoms with van der Waals surface area (Å²) >= 11 is 0. The molecule has 0 spiro atoms. The van der Waals surface area contributed by atoms with E-state index in [1.807, 2.05) is 48.5 Å². The van der Waals surface area contributed by atoms with Crippen molar-refractivity contribution >= 4 is 22.7 Å². The Bertz CT molecular complexity index is 1320. The van der Waals surface area contributed by atoms with Gasteiger partial charge in [-0.2, -0.15) is 0 Å². The molecule has 3 aromatic carbocycles. The van der Waals surface area contributed by atoms with Crippen molar-refractivity contribution in [3.63, 3.8) is 0 Å². The molecule has 0 fully saturated rings. The molecule has 1 amide bonds. The molecule has 1 aromatic heterocycles. The maximum absolute atomic E-state index is 12.7. The molecule has 0 unspecified atom stereocenters. The number of carbonyl (C=O) groups excluding carboxylic acids is 1. The van der Waals surface area contributed by atoms with E-state index in [2.05, 4.69) is 26.1 Å². The van der Waals surface area contributed by atoms with Crippen molar-refractivity contribution in [2.75, 3.05) is 12.4 Å². The summed E-state index contributed by atoms with van der Waals surface area (Å²) in [5.74, 6) is 0.0489. The number of nitrogens with one attached hydrogen (secondary N) is 1. The maximum atomic E-state index is 12.7. The van der Waals surface area contributed by atoms with Crippen LogP contribution in [0.2, 0.25) is 0 Å². The van der Waals surface area contributed by atoms with Crippen molar-refractivity contribution < 1.29 is 13.9 Å². The molecule has 0 aliphatic heterocycles. The van der Waals surface area contributed by atoms with E-state index in [0.29, 0.717) is 34.6 Å². The fourth-order valence-corrected chi connectivity index (χ4v) is 3.57. The number of benzene rings is 3. The molecule has 6 nitrogen and oxygen atoms in total. The monoisotopic (exact) mass is 430 g/mol. The Hall–Kier alpha value is -3.80. The van der Waals surface area contributed by atoms with Crippen LogP contribution in [0, 0.1) is 0 Å². The van der Waals surface area contributed by atoms with Crippen LogP contribution in [-0.4, -0.2) is 17.6 Å². The third kappa shape index (κ3) is 4.44. The number of methoxy groups -OCH3 is 1. The minimum absolute atomic E-state index is 0.0216. The summed E-state index contributed by atoms with van der Waals surface area (Å²) in [6.07, 6.45) is 0. The number of amides is 1. The van der Waals surface area contributed by atoms with Crippen molar-refractivity contribution in [2.45, 2.75) is 32.7 Å². The summed E-state index contributed by atoms with van der Waals surface area (Å²) < 4.78 is 12.2. The van der Waals surface area contributed by atoms with Gasteiger partial charge in [0.2, 0.25) is 0 Å². The highest BCUT2D eigenvalue weighted by molar-refractivity contribution is 6.04. The molecule has 6 heteroatoms. The quantitative estimate of drug-likeness (QED) is 0.472. The fourth-order valence-electron chi connectivity index (χ4n) is 3.57. The van der Waals surface area contributed by atoms with E-state index in [4.69, 9.17) is 9.15 Å². The average molecular weight is 431 g/mol. The van der Waals surface area contributed by atoms with Crippen molar-refractivity contribution in [3.8, 4) is 5.75 Å². The fraction of sp³-hybridized carbons (Fsp3) is 0.231. The van der Waals surface area contributed by atoms with Crippen molar-refractivity contribution in [1.29, 1.82) is 0 Å². The number of fused-ring (bicyclic) bond motifs is 1. The number of hydrogen-bond acceptors (Lipinski definition) is 4. The van der Waals surface area contributed by atoms with E-state index in [-0.39, 0.29) is 11.3 Å². The normalized spacial score (nSPS) is 11.5. The van der Waals surface area contributed by atoms with Gasteiger partial charge in [-0.25, -0.2) is 4.79 Å². The van der Waals surface area contributed by atoms with E-state index < -0.39 is 5.76 Å². The number of anilines is 1. The van der Waals surface area contributed by atoms with E-state index in [9.17, 15) is 9.59 Å². The second kappa shape index (κ2) is 8.38. The molecule has 0 aliphatic carbocycles. The lowest BCUT2D eigenvalue weighted by molar-refractivity contribution is 0.102. The topological polar surface area (TPSA) is 73.5 Å². The minimum atomic E-state index is -0.455. The molecule has 164 valence electrons. The molecule has 1 N–H and O–H groups in total. The number of ether oxygens (including phenoxy) is 1. The Balaban J connectivity index is 1.59. The van der Waals surface area contributed by atoms with Gasteiger partial charge in [-0.15, -0.1) is 0 Å². The highest BCUT2D eigenvalue weighted by atomic mass is 16.5. The van der Waals surface area contributed by atoms with Gasteiger partial charge in [-0.3, -0.25) is 9.36 Å². The molecule has 0 aliphatic rings. The molecular weight excluding hydrogens is 404 g/mol. The van der Waals surface area contributed by atoms with E-state index in [1.165, 1.54) is 4.57 Å². The summed E-state index contributed by atoms with van der Waals surface area (Å²) in [6, 6.07) is 20.3. The van der Waals surface area contributed by atoms with Crippen LogP contribution in [0.1, 0.15) is 42.3 Å². The van der Waals surface area contributed by atoms with Crippen LogP contribution in [0.15, 0.2) is 75.9 Å². The summed E-state index contributed by atoms with van der Waals surface area (Å²) in [5, 5.41) is 2.91. The van der Waals surface area contributed by atoms with E-state index >= 15 is 0 Å². The summed E-state index contributed by atoms with van der Waals surface area (Å²) in [5.41, 5.74) is 4.32. The van der Waals surface area contributed by atoms with Crippen molar-refractivity contribution in [1.82, 2.24) is 4.57 Å². The smallest absolute Gasteiger partial charge is 0.420 e. The van der Waals surface area contributed by atoms with Gasteiger partial charge in [0, 0.05) is 11.3 Å². The van der Waals surface area contributed by atoms with Crippen LogP contribution in [0.3, 0.4) is 0 Å². The standard InChI is InChI=1S/C26H26N2O4/c1-26(2,3)19-10-8-18(9-11-19)24(29)27-20-12-13-23-22(15-20)28(25(30)32-23)16-17-6-5-7-21(14-17)31-4/h5-15H,16H2,1-4H3,(H,27,29). The Morgan fingerprint density at radius 1 is 1.03 bits per heavy atom. The molecular formula is C26H26N2O4. The van der Waals surface area contributed by atoms with Gasteiger partial charge in [0.05, 0.1) is 19.2 Å². The van der Waals surface area contributed by atoms with Gasteiger partial charge in [0.15, 0.2) is 5.58 Å². The molecule has 4 rings (SSSR count). The average Bonchev–Trinajstić information content (AvgIpc) is 3.08. The third-order valence-corrected chi connectivity index (χ3v) is 5.41. The van der Waals surface area contributed by atoms with Crippen LogP contribution in [0.25, 0.3) is 11.1 Å². The first-order chi connectivity index (χ1) is 15.2.